The van der Waals surface area contributed by atoms with Crippen molar-refractivity contribution >= 4 is 0 Å². The second-order valence-corrected chi connectivity index (χ2v) is 5.39. The van der Waals surface area contributed by atoms with Gasteiger partial charge in [0.1, 0.15) is 0 Å². The molecule has 2 N–H and O–H groups in total. The molecule has 1 aromatic rings. The first kappa shape index (κ1) is 12.6. The van der Waals surface area contributed by atoms with Crippen LogP contribution in [0.3, 0.4) is 0 Å². The van der Waals surface area contributed by atoms with Crippen molar-refractivity contribution in [3.8, 4) is 0 Å². The Morgan fingerprint density at radius 2 is 1.71 bits per heavy atom. The van der Waals surface area contributed by atoms with Gasteiger partial charge in [-0.25, -0.2) is 0 Å². The minimum absolute atomic E-state index is 0.633. The smallest absolute Gasteiger partial charge is 0.0911 e. The van der Waals surface area contributed by atoms with E-state index in [1.165, 1.54) is 16.7 Å². The molecule has 0 amide bonds. The van der Waals surface area contributed by atoms with E-state index in [1.54, 1.807) is 0 Å². The lowest BCUT2D eigenvalue weighted by Crippen LogP contribution is -2.28. The molecule has 1 atom stereocenters. The minimum Gasteiger partial charge on any atom is -0.385 e. The van der Waals surface area contributed by atoms with Crippen LogP contribution in [0.25, 0.3) is 0 Å². The Morgan fingerprint density at radius 3 is 2.47 bits per heavy atom. The fourth-order valence-electron chi connectivity index (χ4n) is 2.78. The van der Waals surface area contributed by atoms with Crippen LogP contribution in [0.2, 0.25) is 0 Å². The fourth-order valence-corrected chi connectivity index (χ4v) is 2.78. The second kappa shape index (κ2) is 4.79. The summed E-state index contributed by atoms with van der Waals surface area (Å²) in [5.41, 5.74) is 4.30. The maximum atomic E-state index is 10.9. The van der Waals surface area contributed by atoms with Gasteiger partial charge in [-0.15, -0.1) is 0 Å². The summed E-state index contributed by atoms with van der Waals surface area (Å²) in [6.07, 6.45) is 2.72. The number of aryl methyl sites for hydroxylation is 3. The summed E-state index contributed by atoms with van der Waals surface area (Å²) in [7, 11) is 0. The SMILES string of the molecule is Cc1cc(C)c(C2(O)CCCNCC2)cc1C. The highest BCUT2D eigenvalue weighted by atomic mass is 16.3. The Labute approximate surface area is 104 Å². The lowest BCUT2D eigenvalue weighted by molar-refractivity contribution is 0.0234. The Balaban J connectivity index is 2.40. The van der Waals surface area contributed by atoms with Gasteiger partial charge in [-0.1, -0.05) is 12.1 Å². The highest BCUT2D eigenvalue weighted by molar-refractivity contribution is 5.39. The fraction of sp³-hybridized carbons (Fsp3) is 0.600. The summed E-state index contributed by atoms with van der Waals surface area (Å²) < 4.78 is 0. The summed E-state index contributed by atoms with van der Waals surface area (Å²) in [4.78, 5) is 0. The largest absolute Gasteiger partial charge is 0.385 e. The predicted molar refractivity (Wildman–Crippen MR) is 71.3 cm³/mol. The molecule has 0 aromatic heterocycles. The molecule has 1 unspecified atom stereocenters. The third-order valence-corrected chi connectivity index (χ3v) is 4.00. The summed E-state index contributed by atoms with van der Waals surface area (Å²) in [6.45, 7) is 8.29. The third-order valence-electron chi connectivity index (χ3n) is 4.00. The lowest BCUT2D eigenvalue weighted by Gasteiger charge is -2.29. The number of rotatable bonds is 1. The molecule has 1 fully saturated rings. The number of benzene rings is 1. The van der Waals surface area contributed by atoms with Gasteiger partial charge >= 0.3 is 0 Å². The van der Waals surface area contributed by atoms with E-state index in [0.717, 1.165) is 37.9 Å². The monoisotopic (exact) mass is 233 g/mol. The number of hydrogen-bond donors (Lipinski definition) is 2. The van der Waals surface area contributed by atoms with Crippen molar-refractivity contribution in [2.45, 2.75) is 45.6 Å². The number of hydrogen-bond acceptors (Lipinski definition) is 2. The van der Waals surface area contributed by atoms with Crippen LogP contribution in [-0.4, -0.2) is 18.2 Å². The van der Waals surface area contributed by atoms with Crippen molar-refractivity contribution in [2.75, 3.05) is 13.1 Å². The van der Waals surface area contributed by atoms with Gasteiger partial charge in [0.2, 0.25) is 0 Å². The van der Waals surface area contributed by atoms with Gasteiger partial charge in [-0.3, -0.25) is 0 Å². The maximum Gasteiger partial charge on any atom is 0.0911 e. The van der Waals surface area contributed by atoms with Crippen LogP contribution in [0.4, 0.5) is 0 Å². The Hall–Kier alpha value is -0.860. The second-order valence-electron chi connectivity index (χ2n) is 5.39. The predicted octanol–water partition coefficient (Wildman–Crippen LogP) is 2.57. The van der Waals surface area contributed by atoms with Gasteiger partial charge in [-0.05, 0) is 75.4 Å². The van der Waals surface area contributed by atoms with Crippen LogP contribution >= 0.6 is 0 Å². The zero-order valence-corrected chi connectivity index (χ0v) is 11.1. The van der Waals surface area contributed by atoms with Crippen molar-refractivity contribution in [2.24, 2.45) is 0 Å². The molecule has 1 heterocycles. The van der Waals surface area contributed by atoms with Crippen molar-refractivity contribution in [1.82, 2.24) is 5.32 Å². The van der Waals surface area contributed by atoms with Crippen LogP contribution in [0.15, 0.2) is 12.1 Å². The molecule has 1 aromatic carbocycles. The molecular formula is C15H23NO. The lowest BCUT2D eigenvalue weighted by atomic mass is 9.82. The summed E-state index contributed by atoms with van der Waals surface area (Å²) >= 11 is 0. The first-order valence-corrected chi connectivity index (χ1v) is 6.54. The molecule has 0 aliphatic carbocycles. The van der Waals surface area contributed by atoms with E-state index in [2.05, 4.69) is 38.2 Å². The molecule has 0 spiro atoms. The molecule has 2 nitrogen and oxygen atoms in total. The molecule has 94 valence electrons. The Bertz CT molecular complexity index is 404. The maximum absolute atomic E-state index is 10.9. The average Bonchev–Trinajstić information content (AvgIpc) is 2.49. The van der Waals surface area contributed by atoms with Gasteiger partial charge < -0.3 is 10.4 Å². The van der Waals surface area contributed by atoms with Crippen LogP contribution < -0.4 is 5.32 Å². The van der Waals surface area contributed by atoms with E-state index in [-0.39, 0.29) is 0 Å². The van der Waals surface area contributed by atoms with Crippen molar-refractivity contribution < 1.29 is 5.11 Å². The van der Waals surface area contributed by atoms with E-state index >= 15 is 0 Å². The van der Waals surface area contributed by atoms with E-state index in [1.807, 2.05) is 0 Å². The Kier molecular flexibility index (Phi) is 3.55. The molecular weight excluding hydrogens is 210 g/mol. The molecule has 2 rings (SSSR count). The summed E-state index contributed by atoms with van der Waals surface area (Å²) in [5.74, 6) is 0. The van der Waals surface area contributed by atoms with Gasteiger partial charge in [-0.2, -0.15) is 0 Å². The molecule has 1 saturated heterocycles. The molecule has 1 aliphatic heterocycles. The average molecular weight is 233 g/mol. The first-order valence-electron chi connectivity index (χ1n) is 6.54. The molecule has 17 heavy (non-hydrogen) atoms. The van der Waals surface area contributed by atoms with E-state index in [4.69, 9.17) is 0 Å². The summed E-state index contributed by atoms with van der Waals surface area (Å²) in [5, 5.41) is 14.2. The zero-order valence-electron chi connectivity index (χ0n) is 11.1. The van der Waals surface area contributed by atoms with Crippen LogP contribution in [0.1, 0.15) is 41.5 Å². The number of aliphatic hydroxyl groups is 1. The van der Waals surface area contributed by atoms with E-state index < -0.39 is 5.60 Å². The van der Waals surface area contributed by atoms with E-state index in [9.17, 15) is 5.11 Å². The van der Waals surface area contributed by atoms with Gasteiger partial charge in [0.05, 0.1) is 5.60 Å². The molecule has 0 radical (unpaired) electrons. The standard InChI is InChI=1S/C15H23NO/c1-11-9-13(3)14(10-12(11)2)15(17)5-4-7-16-8-6-15/h9-10,16-17H,4-8H2,1-3H3. The minimum atomic E-state index is -0.633. The topological polar surface area (TPSA) is 32.3 Å². The van der Waals surface area contributed by atoms with Crippen molar-refractivity contribution in [1.29, 1.82) is 0 Å². The summed E-state index contributed by atoms with van der Waals surface area (Å²) in [6, 6.07) is 4.37. The molecule has 1 aliphatic rings. The van der Waals surface area contributed by atoms with Crippen molar-refractivity contribution in [3.63, 3.8) is 0 Å². The highest BCUT2D eigenvalue weighted by Crippen LogP contribution is 2.34. The van der Waals surface area contributed by atoms with Crippen LogP contribution in [-0.2, 0) is 5.60 Å². The van der Waals surface area contributed by atoms with E-state index in [0.29, 0.717) is 0 Å². The van der Waals surface area contributed by atoms with Crippen LogP contribution in [0, 0.1) is 20.8 Å². The molecule has 0 bridgehead atoms. The van der Waals surface area contributed by atoms with Gasteiger partial charge in [0.15, 0.2) is 0 Å². The number of nitrogens with one attached hydrogen (secondary N) is 1. The van der Waals surface area contributed by atoms with Crippen LogP contribution in [0.5, 0.6) is 0 Å². The molecule has 0 saturated carbocycles. The quantitative estimate of drug-likeness (QED) is 0.781. The Morgan fingerprint density at radius 1 is 1.00 bits per heavy atom. The van der Waals surface area contributed by atoms with Gasteiger partial charge in [0.25, 0.3) is 0 Å². The first-order chi connectivity index (χ1) is 8.03. The molecule has 2 heteroatoms. The normalized spacial score (nSPS) is 25.6. The van der Waals surface area contributed by atoms with Crippen molar-refractivity contribution in [3.05, 3.63) is 34.4 Å². The third kappa shape index (κ3) is 2.53. The zero-order chi connectivity index (χ0) is 12.5. The van der Waals surface area contributed by atoms with Gasteiger partial charge in [0, 0.05) is 0 Å². The highest BCUT2D eigenvalue weighted by Gasteiger charge is 2.31.